The number of urea groups is 1. The van der Waals surface area contributed by atoms with Gasteiger partial charge in [0, 0.05) is 50.5 Å². The zero-order chi connectivity index (χ0) is 17.5. The van der Waals surface area contributed by atoms with Crippen LogP contribution in [0.1, 0.15) is 11.3 Å². The molecule has 1 aliphatic heterocycles. The summed E-state index contributed by atoms with van der Waals surface area (Å²) in [7, 11) is 0. The SMILES string of the molecule is O=C(NCCc1cccc(Cl)c1)N1CCN(Cc2ccccn2)CC1. The highest BCUT2D eigenvalue weighted by Crippen LogP contribution is 2.11. The molecule has 0 aliphatic carbocycles. The fourth-order valence-electron chi connectivity index (χ4n) is 2.95. The van der Waals surface area contributed by atoms with E-state index in [0.717, 1.165) is 55.4 Å². The van der Waals surface area contributed by atoms with Crippen molar-refractivity contribution in [1.29, 1.82) is 0 Å². The van der Waals surface area contributed by atoms with Gasteiger partial charge >= 0.3 is 6.03 Å². The molecule has 132 valence electrons. The topological polar surface area (TPSA) is 48.5 Å². The number of nitrogens with zero attached hydrogens (tertiary/aromatic N) is 3. The third kappa shape index (κ3) is 5.44. The van der Waals surface area contributed by atoms with E-state index in [0.29, 0.717) is 6.54 Å². The highest BCUT2D eigenvalue weighted by molar-refractivity contribution is 6.30. The maximum Gasteiger partial charge on any atom is 0.317 e. The quantitative estimate of drug-likeness (QED) is 0.894. The summed E-state index contributed by atoms with van der Waals surface area (Å²) >= 11 is 5.98. The maximum atomic E-state index is 12.3. The van der Waals surface area contributed by atoms with Crippen LogP contribution in [0.15, 0.2) is 48.7 Å². The Kier molecular flexibility index (Phi) is 6.25. The Balaban J connectivity index is 1.38. The first kappa shape index (κ1) is 17.7. The number of amides is 2. The van der Waals surface area contributed by atoms with Gasteiger partial charge in [0.25, 0.3) is 0 Å². The predicted octanol–water partition coefficient (Wildman–Crippen LogP) is 2.80. The maximum absolute atomic E-state index is 12.3. The molecule has 0 atom stereocenters. The number of nitrogens with one attached hydrogen (secondary N) is 1. The Morgan fingerprint density at radius 2 is 1.96 bits per heavy atom. The van der Waals surface area contributed by atoms with Crippen molar-refractivity contribution in [2.75, 3.05) is 32.7 Å². The van der Waals surface area contributed by atoms with E-state index >= 15 is 0 Å². The first-order valence-electron chi connectivity index (χ1n) is 8.60. The average molecular weight is 359 g/mol. The Labute approximate surface area is 153 Å². The molecule has 0 saturated carbocycles. The molecule has 1 fully saturated rings. The van der Waals surface area contributed by atoms with E-state index in [-0.39, 0.29) is 6.03 Å². The largest absolute Gasteiger partial charge is 0.338 e. The van der Waals surface area contributed by atoms with Crippen molar-refractivity contribution >= 4 is 17.6 Å². The van der Waals surface area contributed by atoms with E-state index in [1.165, 1.54) is 0 Å². The molecule has 5 nitrogen and oxygen atoms in total. The van der Waals surface area contributed by atoms with E-state index in [4.69, 9.17) is 11.6 Å². The molecule has 1 aromatic carbocycles. The first-order valence-corrected chi connectivity index (χ1v) is 8.98. The van der Waals surface area contributed by atoms with Gasteiger partial charge in [0.2, 0.25) is 0 Å². The molecule has 1 N–H and O–H groups in total. The van der Waals surface area contributed by atoms with Gasteiger partial charge in [0.15, 0.2) is 0 Å². The number of halogens is 1. The molecule has 2 heterocycles. The minimum Gasteiger partial charge on any atom is -0.338 e. The molecule has 1 saturated heterocycles. The number of pyridine rings is 1. The summed E-state index contributed by atoms with van der Waals surface area (Å²) in [6, 6.07) is 13.7. The van der Waals surface area contributed by atoms with Crippen LogP contribution in [0.3, 0.4) is 0 Å². The second kappa shape index (κ2) is 8.83. The Hall–Kier alpha value is -2.11. The molecule has 0 unspecified atom stereocenters. The second-order valence-electron chi connectivity index (χ2n) is 6.20. The molecule has 0 spiro atoms. The van der Waals surface area contributed by atoms with Crippen LogP contribution in [0.5, 0.6) is 0 Å². The number of aromatic nitrogens is 1. The van der Waals surface area contributed by atoms with Gasteiger partial charge in [0.1, 0.15) is 0 Å². The molecule has 1 aliphatic rings. The average Bonchev–Trinajstić information content (AvgIpc) is 2.63. The van der Waals surface area contributed by atoms with E-state index in [1.807, 2.05) is 53.6 Å². The molecule has 3 rings (SSSR count). The van der Waals surface area contributed by atoms with Gasteiger partial charge in [-0.3, -0.25) is 9.88 Å². The number of benzene rings is 1. The van der Waals surface area contributed by atoms with E-state index < -0.39 is 0 Å². The van der Waals surface area contributed by atoms with Crippen LogP contribution in [0.4, 0.5) is 4.79 Å². The van der Waals surface area contributed by atoms with Crippen molar-refractivity contribution in [1.82, 2.24) is 20.1 Å². The normalized spacial score (nSPS) is 15.2. The molecule has 0 bridgehead atoms. The summed E-state index contributed by atoms with van der Waals surface area (Å²) in [6.45, 7) is 4.70. The van der Waals surface area contributed by atoms with Crippen molar-refractivity contribution in [3.8, 4) is 0 Å². The molecule has 6 heteroatoms. The van der Waals surface area contributed by atoms with Crippen LogP contribution in [0.2, 0.25) is 5.02 Å². The summed E-state index contributed by atoms with van der Waals surface area (Å²) in [5, 5.41) is 3.73. The molecule has 2 amide bonds. The van der Waals surface area contributed by atoms with Gasteiger partial charge < -0.3 is 10.2 Å². The predicted molar refractivity (Wildman–Crippen MR) is 99.6 cm³/mol. The Bertz CT molecular complexity index is 687. The minimum absolute atomic E-state index is 0.0134. The van der Waals surface area contributed by atoms with Gasteiger partial charge in [-0.15, -0.1) is 0 Å². The summed E-state index contributed by atoms with van der Waals surface area (Å²) in [4.78, 5) is 20.8. The lowest BCUT2D eigenvalue weighted by atomic mass is 10.1. The van der Waals surface area contributed by atoms with Crippen LogP contribution in [0.25, 0.3) is 0 Å². The monoisotopic (exact) mass is 358 g/mol. The number of rotatable bonds is 5. The zero-order valence-corrected chi connectivity index (χ0v) is 15.0. The molecule has 1 aromatic heterocycles. The second-order valence-corrected chi connectivity index (χ2v) is 6.63. The van der Waals surface area contributed by atoms with Crippen LogP contribution in [-0.4, -0.2) is 53.5 Å². The highest BCUT2D eigenvalue weighted by atomic mass is 35.5. The van der Waals surface area contributed by atoms with Crippen molar-refractivity contribution < 1.29 is 4.79 Å². The van der Waals surface area contributed by atoms with Crippen LogP contribution in [0, 0.1) is 0 Å². The third-order valence-corrected chi connectivity index (χ3v) is 4.59. The minimum atomic E-state index is 0.0134. The van der Waals surface area contributed by atoms with Gasteiger partial charge in [-0.2, -0.15) is 0 Å². The number of carbonyl (C=O) groups is 1. The van der Waals surface area contributed by atoms with Gasteiger partial charge in [-0.05, 0) is 36.2 Å². The van der Waals surface area contributed by atoms with Crippen molar-refractivity contribution in [2.45, 2.75) is 13.0 Å². The van der Waals surface area contributed by atoms with Gasteiger partial charge in [0.05, 0.1) is 5.69 Å². The van der Waals surface area contributed by atoms with Crippen molar-refractivity contribution in [2.24, 2.45) is 0 Å². The van der Waals surface area contributed by atoms with Crippen LogP contribution >= 0.6 is 11.6 Å². The van der Waals surface area contributed by atoms with E-state index in [1.54, 1.807) is 0 Å². The summed E-state index contributed by atoms with van der Waals surface area (Å²) in [5.41, 5.74) is 2.20. The van der Waals surface area contributed by atoms with E-state index in [9.17, 15) is 4.79 Å². The zero-order valence-electron chi connectivity index (χ0n) is 14.2. The molecule has 2 aromatic rings. The Morgan fingerprint density at radius 1 is 1.12 bits per heavy atom. The van der Waals surface area contributed by atoms with Crippen molar-refractivity contribution in [3.63, 3.8) is 0 Å². The fraction of sp³-hybridized carbons (Fsp3) is 0.368. The number of piperazine rings is 1. The van der Waals surface area contributed by atoms with Gasteiger partial charge in [-0.1, -0.05) is 29.8 Å². The van der Waals surface area contributed by atoms with Gasteiger partial charge in [-0.25, -0.2) is 4.79 Å². The summed E-state index contributed by atoms with van der Waals surface area (Å²) in [5.74, 6) is 0. The van der Waals surface area contributed by atoms with Crippen LogP contribution in [-0.2, 0) is 13.0 Å². The lowest BCUT2D eigenvalue weighted by molar-refractivity contribution is 0.134. The third-order valence-electron chi connectivity index (χ3n) is 4.35. The number of carbonyl (C=O) groups excluding carboxylic acids is 1. The lowest BCUT2D eigenvalue weighted by Gasteiger charge is -2.34. The first-order chi connectivity index (χ1) is 12.2. The summed E-state index contributed by atoms with van der Waals surface area (Å²) in [6.07, 6.45) is 2.60. The smallest absolute Gasteiger partial charge is 0.317 e. The lowest BCUT2D eigenvalue weighted by Crippen LogP contribution is -2.51. The summed E-state index contributed by atoms with van der Waals surface area (Å²) < 4.78 is 0. The molecule has 0 radical (unpaired) electrons. The standard InChI is InChI=1S/C19H23ClN4O/c20-17-5-3-4-16(14-17)7-9-22-19(25)24-12-10-23(11-13-24)15-18-6-1-2-8-21-18/h1-6,8,14H,7,9-13,15H2,(H,22,25). The fourth-order valence-corrected chi connectivity index (χ4v) is 3.16. The number of hydrogen-bond donors (Lipinski definition) is 1. The molecular weight excluding hydrogens is 336 g/mol. The Morgan fingerprint density at radius 3 is 2.68 bits per heavy atom. The molecular formula is C19H23ClN4O. The van der Waals surface area contributed by atoms with Crippen molar-refractivity contribution in [3.05, 3.63) is 64.9 Å². The van der Waals surface area contributed by atoms with E-state index in [2.05, 4.69) is 15.2 Å². The van der Waals surface area contributed by atoms with Crippen LogP contribution < -0.4 is 5.32 Å². The molecule has 25 heavy (non-hydrogen) atoms. The number of hydrogen-bond acceptors (Lipinski definition) is 3. The highest BCUT2D eigenvalue weighted by Gasteiger charge is 2.20.